The number of nitrogens with zero attached hydrogens (tertiary/aromatic N) is 1. The quantitative estimate of drug-likeness (QED) is 0.888. The third kappa shape index (κ3) is 3.69. The van der Waals surface area contributed by atoms with E-state index in [1.165, 1.54) is 0 Å². The zero-order chi connectivity index (χ0) is 13.8. The Hall–Kier alpha value is -1.10. The lowest BCUT2D eigenvalue weighted by Crippen LogP contribution is -2.40. The lowest BCUT2D eigenvalue weighted by atomic mass is 10.2. The summed E-state index contributed by atoms with van der Waals surface area (Å²) >= 11 is 5.94. The van der Waals surface area contributed by atoms with Gasteiger partial charge in [-0.2, -0.15) is 0 Å². The molecule has 1 heterocycles. The van der Waals surface area contributed by atoms with Gasteiger partial charge in [-0.05, 0) is 44.0 Å². The van der Waals surface area contributed by atoms with Crippen molar-refractivity contribution in [3.63, 3.8) is 0 Å². The van der Waals surface area contributed by atoms with Gasteiger partial charge < -0.3 is 11.1 Å². The molecular formula is C14H20ClN3O. The molecule has 1 unspecified atom stereocenters. The van der Waals surface area contributed by atoms with Gasteiger partial charge in [0.25, 0.3) is 0 Å². The highest BCUT2D eigenvalue weighted by molar-refractivity contribution is 6.31. The Morgan fingerprint density at radius 2 is 2.37 bits per heavy atom. The summed E-state index contributed by atoms with van der Waals surface area (Å²) in [6.45, 7) is 3.91. The minimum atomic E-state index is -0.00860. The predicted molar refractivity (Wildman–Crippen MR) is 78.5 cm³/mol. The lowest BCUT2D eigenvalue weighted by molar-refractivity contribution is -0.117. The minimum absolute atomic E-state index is 0.00860. The molecule has 0 aromatic heterocycles. The Morgan fingerprint density at radius 1 is 1.58 bits per heavy atom. The van der Waals surface area contributed by atoms with Crippen LogP contribution in [0.15, 0.2) is 18.2 Å². The number of hydrogen-bond acceptors (Lipinski definition) is 3. The third-order valence-corrected chi connectivity index (χ3v) is 3.83. The van der Waals surface area contributed by atoms with Gasteiger partial charge in [-0.15, -0.1) is 0 Å². The molecule has 1 aromatic carbocycles. The van der Waals surface area contributed by atoms with Crippen LogP contribution in [0.3, 0.4) is 0 Å². The molecule has 1 aliphatic heterocycles. The van der Waals surface area contributed by atoms with Crippen LogP contribution in [0.1, 0.15) is 18.4 Å². The first-order chi connectivity index (χ1) is 9.10. The van der Waals surface area contributed by atoms with Crippen LogP contribution in [0.25, 0.3) is 0 Å². The van der Waals surface area contributed by atoms with E-state index in [1.54, 1.807) is 6.07 Å². The number of aryl methyl sites for hydroxylation is 1. The molecule has 104 valence electrons. The van der Waals surface area contributed by atoms with Crippen molar-refractivity contribution < 1.29 is 4.79 Å². The SMILES string of the molecule is Cc1ccc(Cl)cc1NC(=O)CN1CCCC1CN. The zero-order valence-corrected chi connectivity index (χ0v) is 11.9. The highest BCUT2D eigenvalue weighted by Gasteiger charge is 2.24. The number of nitrogens with two attached hydrogens (primary N) is 1. The molecule has 1 atom stereocenters. The molecule has 0 bridgehead atoms. The van der Waals surface area contributed by atoms with Gasteiger partial charge in [-0.1, -0.05) is 17.7 Å². The molecule has 3 N–H and O–H groups in total. The van der Waals surface area contributed by atoms with E-state index in [-0.39, 0.29) is 5.91 Å². The number of carbonyl (C=O) groups excluding carboxylic acids is 1. The van der Waals surface area contributed by atoms with E-state index in [0.29, 0.717) is 24.2 Å². The van der Waals surface area contributed by atoms with Gasteiger partial charge in [0.1, 0.15) is 0 Å². The van der Waals surface area contributed by atoms with Gasteiger partial charge in [0.05, 0.1) is 6.54 Å². The van der Waals surface area contributed by atoms with Crippen molar-refractivity contribution in [2.45, 2.75) is 25.8 Å². The Labute approximate surface area is 118 Å². The van der Waals surface area contributed by atoms with Crippen molar-refractivity contribution >= 4 is 23.2 Å². The van der Waals surface area contributed by atoms with Crippen LogP contribution in [0, 0.1) is 6.92 Å². The second kappa shape index (κ2) is 6.37. The summed E-state index contributed by atoms with van der Waals surface area (Å²) in [5.41, 5.74) is 7.49. The van der Waals surface area contributed by atoms with Crippen molar-refractivity contribution in [2.75, 3.05) is 25.0 Å². The van der Waals surface area contributed by atoms with Crippen LogP contribution in [0.2, 0.25) is 5.02 Å². The first kappa shape index (κ1) is 14.3. The Balaban J connectivity index is 1.95. The van der Waals surface area contributed by atoms with Gasteiger partial charge in [0.2, 0.25) is 5.91 Å². The number of rotatable bonds is 4. The highest BCUT2D eigenvalue weighted by atomic mass is 35.5. The molecule has 1 fully saturated rings. The molecule has 0 aliphatic carbocycles. The topological polar surface area (TPSA) is 58.4 Å². The second-order valence-electron chi connectivity index (χ2n) is 5.01. The standard InChI is InChI=1S/C14H20ClN3O/c1-10-4-5-11(15)7-13(10)17-14(19)9-18-6-2-3-12(18)8-16/h4-5,7,12H,2-3,6,8-9,16H2,1H3,(H,17,19). The predicted octanol–water partition coefficient (Wildman–Crippen LogP) is 2.01. The van der Waals surface area contributed by atoms with Gasteiger partial charge in [-0.3, -0.25) is 9.69 Å². The molecule has 0 radical (unpaired) electrons. The van der Waals surface area contributed by atoms with Crippen LogP contribution in [-0.2, 0) is 4.79 Å². The lowest BCUT2D eigenvalue weighted by Gasteiger charge is -2.22. The van der Waals surface area contributed by atoms with E-state index in [9.17, 15) is 4.79 Å². The Bertz CT molecular complexity index is 464. The molecule has 2 rings (SSSR count). The average Bonchev–Trinajstić information content (AvgIpc) is 2.81. The van der Waals surface area contributed by atoms with E-state index in [1.807, 2.05) is 19.1 Å². The first-order valence-electron chi connectivity index (χ1n) is 6.60. The van der Waals surface area contributed by atoms with Crippen LogP contribution < -0.4 is 11.1 Å². The van der Waals surface area contributed by atoms with Crippen molar-refractivity contribution in [3.05, 3.63) is 28.8 Å². The highest BCUT2D eigenvalue weighted by Crippen LogP contribution is 2.21. The van der Waals surface area contributed by atoms with E-state index < -0.39 is 0 Å². The van der Waals surface area contributed by atoms with Crippen molar-refractivity contribution in [1.29, 1.82) is 0 Å². The van der Waals surface area contributed by atoms with Gasteiger partial charge in [0, 0.05) is 23.3 Å². The number of nitrogens with one attached hydrogen (secondary N) is 1. The maximum absolute atomic E-state index is 12.1. The summed E-state index contributed by atoms with van der Waals surface area (Å²) in [6, 6.07) is 5.83. The van der Waals surface area contributed by atoms with Crippen LogP contribution in [0.4, 0.5) is 5.69 Å². The summed E-state index contributed by atoms with van der Waals surface area (Å²) in [6.07, 6.45) is 2.20. The maximum atomic E-state index is 12.1. The fourth-order valence-corrected chi connectivity index (χ4v) is 2.65. The number of benzene rings is 1. The van der Waals surface area contributed by atoms with Gasteiger partial charge >= 0.3 is 0 Å². The smallest absolute Gasteiger partial charge is 0.238 e. The fraction of sp³-hybridized carbons (Fsp3) is 0.500. The zero-order valence-electron chi connectivity index (χ0n) is 11.2. The molecule has 1 saturated heterocycles. The Morgan fingerprint density at radius 3 is 3.11 bits per heavy atom. The van der Waals surface area contributed by atoms with Crippen LogP contribution in [0.5, 0.6) is 0 Å². The summed E-state index contributed by atoms with van der Waals surface area (Å²) in [5, 5.41) is 3.54. The monoisotopic (exact) mass is 281 g/mol. The molecule has 4 nitrogen and oxygen atoms in total. The van der Waals surface area contributed by atoms with E-state index in [4.69, 9.17) is 17.3 Å². The van der Waals surface area contributed by atoms with E-state index in [2.05, 4.69) is 10.2 Å². The molecule has 1 amide bonds. The molecule has 1 aliphatic rings. The van der Waals surface area contributed by atoms with E-state index in [0.717, 1.165) is 30.6 Å². The largest absolute Gasteiger partial charge is 0.329 e. The van der Waals surface area contributed by atoms with Crippen LogP contribution >= 0.6 is 11.6 Å². The number of hydrogen-bond donors (Lipinski definition) is 2. The Kier molecular flexibility index (Phi) is 4.80. The molecular weight excluding hydrogens is 262 g/mol. The van der Waals surface area contributed by atoms with E-state index >= 15 is 0 Å². The minimum Gasteiger partial charge on any atom is -0.329 e. The summed E-state index contributed by atoms with van der Waals surface area (Å²) in [4.78, 5) is 14.2. The molecule has 1 aromatic rings. The van der Waals surface area contributed by atoms with Crippen molar-refractivity contribution in [3.8, 4) is 0 Å². The fourth-order valence-electron chi connectivity index (χ4n) is 2.47. The van der Waals surface area contributed by atoms with Gasteiger partial charge in [0.15, 0.2) is 0 Å². The molecule has 0 spiro atoms. The number of halogens is 1. The van der Waals surface area contributed by atoms with Crippen molar-refractivity contribution in [2.24, 2.45) is 5.73 Å². The number of likely N-dealkylation sites (tertiary alicyclic amines) is 1. The summed E-state index contributed by atoms with van der Waals surface area (Å²) in [5.74, 6) is -0.00860. The molecule has 0 saturated carbocycles. The second-order valence-corrected chi connectivity index (χ2v) is 5.45. The number of carbonyl (C=O) groups is 1. The third-order valence-electron chi connectivity index (χ3n) is 3.59. The summed E-state index contributed by atoms with van der Waals surface area (Å²) in [7, 11) is 0. The van der Waals surface area contributed by atoms with Gasteiger partial charge in [-0.25, -0.2) is 0 Å². The number of amides is 1. The molecule has 5 heteroatoms. The van der Waals surface area contributed by atoms with Crippen molar-refractivity contribution in [1.82, 2.24) is 4.90 Å². The normalized spacial score (nSPS) is 19.6. The van der Waals surface area contributed by atoms with Crippen LogP contribution in [-0.4, -0.2) is 36.5 Å². The first-order valence-corrected chi connectivity index (χ1v) is 6.98. The number of anilines is 1. The average molecular weight is 282 g/mol. The summed E-state index contributed by atoms with van der Waals surface area (Å²) < 4.78 is 0. The maximum Gasteiger partial charge on any atom is 0.238 e. The molecule has 19 heavy (non-hydrogen) atoms.